The van der Waals surface area contributed by atoms with E-state index in [1.165, 1.54) is 12.1 Å². The van der Waals surface area contributed by atoms with Crippen molar-refractivity contribution < 1.29 is 34.0 Å². The molecule has 3 rings (SSSR count). The third-order valence-corrected chi connectivity index (χ3v) is 7.43. The van der Waals surface area contributed by atoms with Crippen LogP contribution in [0.4, 0.5) is 4.39 Å². The molecule has 7 atom stereocenters. The average molecular weight is 499 g/mol. The first-order valence-electron chi connectivity index (χ1n) is 12.3. The monoisotopic (exact) mass is 498 g/mol. The summed E-state index contributed by atoms with van der Waals surface area (Å²) in [7, 11) is 0. The van der Waals surface area contributed by atoms with Crippen LogP contribution in [0, 0.1) is 29.5 Å². The molecule has 1 aromatic carbocycles. The van der Waals surface area contributed by atoms with Gasteiger partial charge in [-0.05, 0) is 56.1 Å². The van der Waals surface area contributed by atoms with E-state index in [9.17, 15) is 24.5 Å². The van der Waals surface area contributed by atoms with Crippen LogP contribution < -0.4 is 4.74 Å². The van der Waals surface area contributed by atoms with E-state index in [1.807, 2.05) is 13.0 Å². The zero-order valence-corrected chi connectivity index (χ0v) is 20.4. The Bertz CT molecular complexity index is 834. The van der Waals surface area contributed by atoms with Crippen molar-refractivity contribution in [3.05, 3.63) is 41.2 Å². The molecule has 190 valence electrons. The topological polar surface area (TPSA) is 96.2 Å². The quantitative estimate of drug-likeness (QED) is 0.377. The summed E-state index contributed by atoms with van der Waals surface area (Å²) >= 11 is 5.75. The number of fused-ring (bicyclic) bond motifs is 1. The Balaban J connectivity index is 1.51. The van der Waals surface area contributed by atoms with Gasteiger partial charge >= 0.3 is 5.97 Å². The Kier molecular flexibility index (Phi) is 10.2. The minimum atomic E-state index is -0.962. The summed E-state index contributed by atoms with van der Waals surface area (Å²) < 4.78 is 25.4. The van der Waals surface area contributed by atoms with Gasteiger partial charge in [-0.25, -0.2) is 4.39 Å². The summed E-state index contributed by atoms with van der Waals surface area (Å²) in [6.45, 7) is 2.46. The zero-order chi connectivity index (χ0) is 24.7. The van der Waals surface area contributed by atoms with Crippen LogP contribution in [0.2, 0.25) is 5.02 Å². The van der Waals surface area contributed by atoms with E-state index in [1.54, 1.807) is 12.1 Å². The highest BCUT2D eigenvalue weighted by molar-refractivity contribution is 6.30. The lowest BCUT2D eigenvalue weighted by Crippen LogP contribution is -2.22. The highest BCUT2D eigenvalue weighted by Gasteiger charge is 2.43. The van der Waals surface area contributed by atoms with Gasteiger partial charge in [0.25, 0.3) is 0 Å². The first kappa shape index (κ1) is 26.9. The largest absolute Gasteiger partial charge is 0.487 e. The molecule has 2 fully saturated rings. The molecule has 1 saturated carbocycles. The number of rotatable bonds is 11. The fourth-order valence-corrected chi connectivity index (χ4v) is 5.37. The molecule has 3 N–H and O–H groups in total. The highest BCUT2D eigenvalue weighted by atomic mass is 35.5. The molecule has 0 radical (unpaired) electrons. The molecule has 1 heterocycles. The second kappa shape index (κ2) is 12.9. The smallest absolute Gasteiger partial charge is 0.306 e. The van der Waals surface area contributed by atoms with Crippen molar-refractivity contribution in [1.82, 2.24) is 0 Å². The molecule has 0 aromatic heterocycles. The van der Waals surface area contributed by atoms with E-state index in [4.69, 9.17) is 21.1 Å². The molecule has 1 unspecified atom stereocenters. The summed E-state index contributed by atoms with van der Waals surface area (Å²) in [4.78, 5) is 11.4. The molecule has 1 aliphatic heterocycles. The number of aliphatic hydroxyl groups excluding tert-OH is 2. The number of aliphatic carboxylic acids is 1. The third-order valence-electron chi connectivity index (χ3n) is 7.14. The van der Waals surface area contributed by atoms with E-state index >= 15 is 0 Å². The molecule has 1 saturated heterocycles. The molecule has 34 heavy (non-hydrogen) atoms. The van der Waals surface area contributed by atoms with Gasteiger partial charge in [-0.1, -0.05) is 43.2 Å². The van der Waals surface area contributed by atoms with Crippen molar-refractivity contribution in [2.75, 3.05) is 13.2 Å². The van der Waals surface area contributed by atoms with Crippen LogP contribution in [0.1, 0.15) is 51.9 Å². The molecule has 8 heteroatoms. The van der Waals surface area contributed by atoms with Crippen LogP contribution in [-0.2, 0) is 9.53 Å². The van der Waals surface area contributed by atoms with Crippen molar-refractivity contribution in [2.24, 2.45) is 23.7 Å². The third kappa shape index (κ3) is 7.17. The fourth-order valence-electron chi connectivity index (χ4n) is 5.20. The zero-order valence-electron chi connectivity index (χ0n) is 19.6. The Labute approximate surface area is 205 Å². The maximum atomic E-state index is 13.9. The van der Waals surface area contributed by atoms with Crippen LogP contribution in [0.5, 0.6) is 5.75 Å². The predicted molar refractivity (Wildman–Crippen MR) is 127 cm³/mol. The molecule has 1 aliphatic carbocycles. The van der Waals surface area contributed by atoms with Gasteiger partial charge < -0.3 is 24.8 Å². The summed E-state index contributed by atoms with van der Waals surface area (Å²) in [5.74, 6) is -1.39. The van der Waals surface area contributed by atoms with Crippen LogP contribution in [0.25, 0.3) is 0 Å². The second-order valence-corrected chi connectivity index (χ2v) is 9.98. The summed E-state index contributed by atoms with van der Waals surface area (Å²) in [5.41, 5.74) is 0. The Morgan fingerprint density at radius 2 is 2.15 bits per heavy atom. The molecule has 0 spiro atoms. The minimum Gasteiger partial charge on any atom is -0.487 e. The minimum absolute atomic E-state index is 0.0202. The number of carboxylic acids is 1. The van der Waals surface area contributed by atoms with Crippen LogP contribution >= 0.6 is 11.6 Å². The van der Waals surface area contributed by atoms with E-state index in [0.717, 1.165) is 25.7 Å². The standard InChI is InChI=1S/C26H36ClFO6/c1-2-4-17(26(31)32)9-7-16-8-11-20-19(22(30)13-24(20)33-14-16)12-10-18(29)15-34-23-6-3-5-21(27)25(23)28/h3,5-6,10,12,16-20,22,24,29-30H,2,4,7-9,11,13-15H2,1H3,(H,31,32)/b12-10+/t16-,17?,18-,19-,20-,22-,24+/m1/s1. The summed E-state index contributed by atoms with van der Waals surface area (Å²) in [6.07, 6.45) is 7.25. The van der Waals surface area contributed by atoms with Crippen molar-refractivity contribution in [2.45, 2.75) is 70.2 Å². The van der Waals surface area contributed by atoms with Crippen LogP contribution in [0.15, 0.2) is 30.4 Å². The van der Waals surface area contributed by atoms with Gasteiger partial charge in [0, 0.05) is 18.9 Å². The van der Waals surface area contributed by atoms with Crippen LogP contribution in [-0.4, -0.2) is 52.8 Å². The van der Waals surface area contributed by atoms with Gasteiger partial charge in [0.2, 0.25) is 0 Å². The number of hydrogen-bond acceptors (Lipinski definition) is 5. The van der Waals surface area contributed by atoms with Gasteiger partial charge in [-0.2, -0.15) is 0 Å². The molecular formula is C26H36ClFO6. The van der Waals surface area contributed by atoms with Gasteiger partial charge in [-0.3, -0.25) is 4.79 Å². The van der Waals surface area contributed by atoms with E-state index in [2.05, 4.69) is 0 Å². The second-order valence-electron chi connectivity index (χ2n) is 9.58. The van der Waals surface area contributed by atoms with E-state index < -0.39 is 24.0 Å². The first-order valence-corrected chi connectivity index (χ1v) is 12.6. The number of hydrogen-bond donors (Lipinski definition) is 3. The van der Waals surface area contributed by atoms with Crippen molar-refractivity contribution in [3.63, 3.8) is 0 Å². The summed E-state index contributed by atoms with van der Waals surface area (Å²) in [6, 6.07) is 4.44. The maximum absolute atomic E-state index is 13.9. The normalized spacial score (nSPS) is 28.9. The molecule has 0 amide bonds. The number of ether oxygens (including phenoxy) is 2. The average Bonchev–Trinajstić information content (AvgIpc) is 2.96. The van der Waals surface area contributed by atoms with E-state index in [0.29, 0.717) is 31.8 Å². The highest BCUT2D eigenvalue weighted by Crippen LogP contribution is 2.42. The maximum Gasteiger partial charge on any atom is 0.306 e. The lowest BCUT2D eigenvalue weighted by molar-refractivity contribution is -0.142. The predicted octanol–water partition coefficient (Wildman–Crippen LogP) is 4.85. The lowest BCUT2D eigenvalue weighted by Gasteiger charge is -2.21. The van der Waals surface area contributed by atoms with E-state index in [-0.39, 0.29) is 41.2 Å². The van der Waals surface area contributed by atoms with Crippen LogP contribution in [0.3, 0.4) is 0 Å². The number of carboxylic acid groups (broad SMARTS) is 1. The Hall–Kier alpha value is -1.67. The van der Waals surface area contributed by atoms with Gasteiger partial charge in [0.15, 0.2) is 11.6 Å². The fraction of sp³-hybridized carbons (Fsp3) is 0.654. The Morgan fingerprint density at radius 3 is 2.88 bits per heavy atom. The molecule has 2 aliphatic rings. The molecule has 0 bridgehead atoms. The number of benzene rings is 1. The van der Waals surface area contributed by atoms with Crippen molar-refractivity contribution >= 4 is 17.6 Å². The summed E-state index contributed by atoms with van der Waals surface area (Å²) in [5, 5.41) is 30.2. The SMILES string of the molecule is CCCC(CC[C@@H]1CC[C@@H]2[C@@H](/C=C/[C@@H](O)COc3cccc(Cl)c3F)[C@H](O)C[C@@H]2OC1)C(=O)O. The van der Waals surface area contributed by atoms with Gasteiger partial charge in [-0.15, -0.1) is 0 Å². The van der Waals surface area contributed by atoms with Crippen molar-refractivity contribution in [1.29, 1.82) is 0 Å². The Morgan fingerprint density at radius 1 is 1.35 bits per heavy atom. The molecule has 6 nitrogen and oxygen atoms in total. The number of carbonyl (C=O) groups is 1. The van der Waals surface area contributed by atoms with Crippen molar-refractivity contribution in [3.8, 4) is 5.75 Å². The van der Waals surface area contributed by atoms with Gasteiger partial charge in [0.1, 0.15) is 12.7 Å². The number of halogens is 2. The van der Waals surface area contributed by atoms with Gasteiger partial charge in [0.05, 0.1) is 23.1 Å². The molecule has 1 aromatic rings. The first-order chi connectivity index (χ1) is 16.3. The lowest BCUT2D eigenvalue weighted by atomic mass is 9.85. The number of aliphatic hydroxyl groups is 2. The molecular weight excluding hydrogens is 463 g/mol.